The molecule has 0 saturated heterocycles. The van der Waals surface area contributed by atoms with Gasteiger partial charge in [-0.25, -0.2) is 0 Å². The smallest absolute Gasteiger partial charge is 0.308 e. The van der Waals surface area contributed by atoms with Crippen molar-refractivity contribution in [1.82, 2.24) is 10.6 Å². The van der Waals surface area contributed by atoms with Crippen LogP contribution in [0.15, 0.2) is 0 Å². The van der Waals surface area contributed by atoms with Gasteiger partial charge >= 0.3 is 5.97 Å². The van der Waals surface area contributed by atoms with Crippen LogP contribution >= 0.6 is 0 Å². The summed E-state index contributed by atoms with van der Waals surface area (Å²) in [6, 6.07) is -0.235. The maximum absolute atomic E-state index is 12.0. The molecule has 0 heterocycles. The Kier molecular flexibility index (Phi) is 4.51. The van der Waals surface area contributed by atoms with Gasteiger partial charge in [0.2, 0.25) is 5.91 Å². The first kappa shape index (κ1) is 14.0. The first-order chi connectivity index (χ1) is 7.88. The monoisotopic (exact) mass is 242 g/mol. The molecule has 2 atom stereocenters. The first-order valence-electron chi connectivity index (χ1n) is 6.11. The first-order valence-corrected chi connectivity index (χ1v) is 6.11. The van der Waals surface area contributed by atoms with Crippen molar-refractivity contribution >= 4 is 11.9 Å². The fourth-order valence-corrected chi connectivity index (χ4v) is 2.06. The molecule has 1 saturated carbocycles. The van der Waals surface area contributed by atoms with Crippen molar-refractivity contribution in [3.63, 3.8) is 0 Å². The zero-order valence-corrected chi connectivity index (χ0v) is 10.7. The van der Waals surface area contributed by atoms with Crippen LogP contribution in [0.4, 0.5) is 0 Å². The summed E-state index contributed by atoms with van der Waals surface area (Å²) < 4.78 is 0. The van der Waals surface area contributed by atoms with Gasteiger partial charge in [0, 0.05) is 6.04 Å². The molecular formula is C12H22N2O3. The molecule has 1 fully saturated rings. The Bertz CT molecular complexity index is 302. The van der Waals surface area contributed by atoms with Gasteiger partial charge in [-0.15, -0.1) is 0 Å². The number of hydrogen-bond donors (Lipinski definition) is 3. The number of likely N-dealkylation sites (N-methyl/N-ethyl adjacent to an activating group) is 1. The van der Waals surface area contributed by atoms with Crippen LogP contribution in [-0.2, 0) is 9.59 Å². The van der Waals surface area contributed by atoms with E-state index in [0.29, 0.717) is 6.42 Å². The van der Waals surface area contributed by atoms with Gasteiger partial charge in [-0.1, -0.05) is 12.8 Å². The average Bonchev–Trinajstić information content (AvgIpc) is 2.29. The number of nitrogens with one attached hydrogen (secondary N) is 2. The highest BCUT2D eigenvalue weighted by Gasteiger charge is 2.35. The highest BCUT2D eigenvalue weighted by Crippen LogP contribution is 2.25. The van der Waals surface area contributed by atoms with Crippen molar-refractivity contribution < 1.29 is 14.7 Å². The Morgan fingerprint density at radius 2 is 1.82 bits per heavy atom. The van der Waals surface area contributed by atoms with E-state index in [-0.39, 0.29) is 11.9 Å². The molecule has 2 unspecified atom stereocenters. The molecule has 5 heteroatoms. The van der Waals surface area contributed by atoms with Gasteiger partial charge in [0.15, 0.2) is 0 Å². The molecule has 1 aliphatic rings. The van der Waals surface area contributed by atoms with Crippen LogP contribution in [0, 0.1) is 5.92 Å². The molecule has 1 rings (SSSR count). The lowest BCUT2D eigenvalue weighted by Crippen LogP contribution is -2.56. The van der Waals surface area contributed by atoms with E-state index < -0.39 is 17.4 Å². The molecule has 0 spiro atoms. The number of carbonyl (C=O) groups excluding carboxylic acids is 1. The quantitative estimate of drug-likeness (QED) is 0.679. The molecular weight excluding hydrogens is 220 g/mol. The third-order valence-corrected chi connectivity index (χ3v) is 3.59. The minimum absolute atomic E-state index is 0.141. The molecule has 17 heavy (non-hydrogen) atoms. The van der Waals surface area contributed by atoms with Crippen LogP contribution in [0.2, 0.25) is 0 Å². The third kappa shape index (κ3) is 3.43. The van der Waals surface area contributed by atoms with Gasteiger partial charge in [-0.05, 0) is 33.7 Å². The summed E-state index contributed by atoms with van der Waals surface area (Å²) >= 11 is 0. The summed E-state index contributed by atoms with van der Waals surface area (Å²) in [5, 5.41) is 14.9. The van der Waals surface area contributed by atoms with Gasteiger partial charge in [0.05, 0.1) is 11.5 Å². The highest BCUT2D eigenvalue weighted by atomic mass is 16.4. The van der Waals surface area contributed by atoms with E-state index in [4.69, 9.17) is 5.11 Å². The number of aliphatic carboxylic acids is 1. The van der Waals surface area contributed by atoms with E-state index in [0.717, 1.165) is 19.3 Å². The van der Waals surface area contributed by atoms with Gasteiger partial charge in [-0.2, -0.15) is 0 Å². The second kappa shape index (κ2) is 5.49. The molecule has 5 nitrogen and oxygen atoms in total. The summed E-state index contributed by atoms with van der Waals surface area (Å²) in [5.41, 5.74) is -0.666. The maximum atomic E-state index is 12.0. The number of carboxylic acid groups (broad SMARTS) is 1. The molecule has 0 bridgehead atoms. The summed E-state index contributed by atoms with van der Waals surface area (Å²) in [7, 11) is 1.72. The molecule has 1 aliphatic carbocycles. The Morgan fingerprint density at radius 3 is 2.35 bits per heavy atom. The Hall–Kier alpha value is -1.10. The van der Waals surface area contributed by atoms with E-state index >= 15 is 0 Å². The fourth-order valence-electron chi connectivity index (χ4n) is 2.06. The predicted octanol–water partition coefficient (Wildman–Crippen LogP) is 0.744. The molecule has 0 aromatic carbocycles. The SMILES string of the molecule is CNC(C)(C)C(=O)NC1CCCCC1C(=O)O. The van der Waals surface area contributed by atoms with Crippen LogP contribution in [0.5, 0.6) is 0 Å². The molecule has 3 N–H and O–H groups in total. The van der Waals surface area contributed by atoms with Crippen molar-refractivity contribution in [3.05, 3.63) is 0 Å². The number of carboxylic acids is 1. The van der Waals surface area contributed by atoms with E-state index in [1.54, 1.807) is 20.9 Å². The van der Waals surface area contributed by atoms with Crippen molar-refractivity contribution in [2.75, 3.05) is 7.05 Å². The Balaban J connectivity index is 2.65. The van der Waals surface area contributed by atoms with Crippen molar-refractivity contribution in [2.24, 2.45) is 5.92 Å². The fraction of sp³-hybridized carbons (Fsp3) is 0.833. The zero-order chi connectivity index (χ0) is 13.1. The minimum atomic E-state index is -0.808. The Labute approximate surface area is 102 Å². The maximum Gasteiger partial charge on any atom is 0.308 e. The summed E-state index contributed by atoms with van der Waals surface area (Å²) in [6.07, 6.45) is 3.32. The van der Waals surface area contributed by atoms with Crippen LogP contribution < -0.4 is 10.6 Å². The number of hydrogen-bond acceptors (Lipinski definition) is 3. The van der Waals surface area contributed by atoms with Crippen LogP contribution in [-0.4, -0.2) is 35.6 Å². The van der Waals surface area contributed by atoms with Crippen LogP contribution in [0.25, 0.3) is 0 Å². The van der Waals surface area contributed by atoms with Gasteiger partial charge in [0.1, 0.15) is 0 Å². The summed E-state index contributed by atoms with van der Waals surface area (Å²) in [4.78, 5) is 23.1. The van der Waals surface area contributed by atoms with Crippen molar-refractivity contribution in [3.8, 4) is 0 Å². The second-order valence-electron chi connectivity index (χ2n) is 5.18. The lowest BCUT2D eigenvalue weighted by atomic mass is 9.84. The molecule has 0 aliphatic heterocycles. The number of rotatable bonds is 4. The van der Waals surface area contributed by atoms with E-state index in [9.17, 15) is 9.59 Å². The summed E-state index contributed by atoms with van der Waals surface area (Å²) in [5.74, 6) is -1.39. The second-order valence-corrected chi connectivity index (χ2v) is 5.18. The molecule has 0 aromatic heterocycles. The van der Waals surface area contributed by atoms with Gasteiger partial charge < -0.3 is 15.7 Å². The molecule has 0 aromatic rings. The van der Waals surface area contributed by atoms with E-state index in [1.165, 1.54) is 0 Å². The largest absolute Gasteiger partial charge is 0.481 e. The normalized spacial score (nSPS) is 25.4. The third-order valence-electron chi connectivity index (χ3n) is 3.59. The van der Waals surface area contributed by atoms with Crippen molar-refractivity contribution in [2.45, 2.75) is 51.1 Å². The van der Waals surface area contributed by atoms with E-state index in [1.807, 2.05) is 0 Å². The van der Waals surface area contributed by atoms with Gasteiger partial charge in [0.25, 0.3) is 0 Å². The van der Waals surface area contributed by atoms with Gasteiger partial charge in [-0.3, -0.25) is 9.59 Å². The lowest BCUT2D eigenvalue weighted by molar-refractivity contribution is -0.144. The minimum Gasteiger partial charge on any atom is -0.481 e. The highest BCUT2D eigenvalue weighted by molar-refractivity contribution is 5.86. The Morgan fingerprint density at radius 1 is 1.24 bits per heavy atom. The molecule has 98 valence electrons. The average molecular weight is 242 g/mol. The number of amides is 1. The predicted molar refractivity (Wildman–Crippen MR) is 64.7 cm³/mol. The summed E-state index contributed by atoms with van der Waals surface area (Å²) in [6.45, 7) is 3.56. The topological polar surface area (TPSA) is 78.4 Å². The lowest BCUT2D eigenvalue weighted by Gasteiger charge is -2.32. The standard InChI is InChI=1S/C12H22N2O3/c1-12(2,13-3)11(17)14-9-7-5-4-6-8(9)10(15)16/h8-9,13H,4-7H2,1-3H3,(H,14,17)(H,15,16). The van der Waals surface area contributed by atoms with Crippen molar-refractivity contribution in [1.29, 1.82) is 0 Å². The van der Waals surface area contributed by atoms with Crippen LogP contribution in [0.3, 0.4) is 0 Å². The molecule has 1 amide bonds. The zero-order valence-electron chi connectivity index (χ0n) is 10.7. The van der Waals surface area contributed by atoms with Crippen LogP contribution in [0.1, 0.15) is 39.5 Å². The number of carbonyl (C=O) groups is 2. The van der Waals surface area contributed by atoms with E-state index in [2.05, 4.69) is 10.6 Å². The molecule has 0 radical (unpaired) electrons.